The fourth-order valence-corrected chi connectivity index (χ4v) is 2.09. The summed E-state index contributed by atoms with van der Waals surface area (Å²) in [7, 11) is 2.25. The van der Waals surface area contributed by atoms with Crippen molar-refractivity contribution in [2.45, 2.75) is 6.18 Å². The van der Waals surface area contributed by atoms with Crippen LogP contribution in [0.5, 0.6) is 5.75 Å². The quantitative estimate of drug-likeness (QED) is 0.595. The standard InChI is InChI=1S/C18H13F3O6/c1-25-15(22)11-7-12(16(23)26-2)9-14(8-11)27-17(24)10-3-5-13(6-4-10)18(19,20)21/h3-9H,1-2H3. The van der Waals surface area contributed by atoms with E-state index in [1.165, 1.54) is 6.07 Å². The minimum atomic E-state index is -4.54. The molecule has 27 heavy (non-hydrogen) atoms. The zero-order valence-corrected chi connectivity index (χ0v) is 14.1. The summed E-state index contributed by atoms with van der Waals surface area (Å²) in [6.07, 6.45) is -4.54. The molecule has 2 aromatic carbocycles. The molecule has 0 radical (unpaired) electrons. The third-order valence-electron chi connectivity index (χ3n) is 3.41. The van der Waals surface area contributed by atoms with E-state index in [0.29, 0.717) is 0 Å². The molecule has 2 rings (SSSR count). The van der Waals surface area contributed by atoms with Crippen LogP contribution in [0.15, 0.2) is 42.5 Å². The van der Waals surface area contributed by atoms with E-state index in [1.54, 1.807) is 0 Å². The number of rotatable bonds is 4. The molecule has 0 spiro atoms. The van der Waals surface area contributed by atoms with E-state index in [4.69, 9.17) is 4.74 Å². The van der Waals surface area contributed by atoms with Gasteiger partial charge in [-0.15, -0.1) is 0 Å². The topological polar surface area (TPSA) is 78.9 Å². The second-order valence-corrected chi connectivity index (χ2v) is 5.19. The number of halogens is 3. The SMILES string of the molecule is COC(=O)c1cc(OC(=O)c2ccc(C(F)(F)F)cc2)cc(C(=O)OC)c1. The van der Waals surface area contributed by atoms with Crippen molar-refractivity contribution in [1.29, 1.82) is 0 Å². The Hall–Kier alpha value is -3.36. The van der Waals surface area contributed by atoms with Crippen molar-refractivity contribution in [1.82, 2.24) is 0 Å². The molecule has 0 unspecified atom stereocenters. The molecule has 0 heterocycles. The van der Waals surface area contributed by atoms with E-state index in [2.05, 4.69) is 9.47 Å². The Morgan fingerprint density at radius 2 is 1.22 bits per heavy atom. The van der Waals surface area contributed by atoms with E-state index in [9.17, 15) is 27.6 Å². The van der Waals surface area contributed by atoms with Crippen LogP contribution < -0.4 is 4.74 Å². The Labute approximate surface area is 151 Å². The molecule has 0 fully saturated rings. The van der Waals surface area contributed by atoms with Gasteiger partial charge in [-0.1, -0.05) is 0 Å². The molecule has 0 saturated heterocycles. The van der Waals surface area contributed by atoms with Crippen molar-refractivity contribution >= 4 is 17.9 Å². The van der Waals surface area contributed by atoms with E-state index >= 15 is 0 Å². The highest BCUT2D eigenvalue weighted by Gasteiger charge is 2.30. The van der Waals surface area contributed by atoms with E-state index < -0.39 is 29.6 Å². The predicted octanol–water partition coefficient (Wildman–Crippen LogP) is 3.50. The van der Waals surface area contributed by atoms with Crippen molar-refractivity contribution in [2.24, 2.45) is 0 Å². The summed E-state index contributed by atoms with van der Waals surface area (Å²) in [4.78, 5) is 35.5. The zero-order chi connectivity index (χ0) is 20.2. The lowest BCUT2D eigenvalue weighted by molar-refractivity contribution is -0.137. The Balaban J connectivity index is 2.31. The lowest BCUT2D eigenvalue weighted by atomic mass is 10.1. The van der Waals surface area contributed by atoms with Crippen LogP contribution in [0.2, 0.25) is 0 Å². The summed E-state index contributed by atoms with van der Waals surface area (Å²) in [5, 5.41) is 0. The number of carbonyl (C=O) groups excluding carboxylic acids is 3. The van der Waals surface area contributed by atoms with Gasteiger partial charge in [-0.2, -0.15) is 13.2 Å². The highest BCUT2D eigenvalue weighted by molar-refractivity contribution is 5.97. The van der Waals surface area contributed by atoms with Crippen LogP contribution in [0.3, 0.4) is 0 Å². The number of carbonyl (C=O) groups is 3. The fraction of sp³-hybridized carbons (Fsp3) is 0.167. The number of ether oxygens (including phenoxy) is 3. The first-order valence-electron chi connectivity index (χ1n) is 7.37. The van der Waals surface area contributed by atoms with Gasteiger partial charge >= 0.3 is 24.1 Å². The third-order valence-corrected chi connectivity index (χ3v) is 3.41. The van der Waals surface area contributed by atoms with Gasteiger partial charge in [0.05, 0.1) is 36.5 Å². The lowest BCUT2D eigenvalue weighted by Crippen LogP contribution is -2.12. The average Bonchev–Trinajstić information content (AvgIpc) is 2.65. The fourth-order valence-electron chi connectivity index (χ4n) is 2.09. The van der Waals surface area contributed by atoms with Gasteiger partial charge in [-0.3, -0.25) is 0 Å². The minimum absolute atomic E-state index is 0.0735. The molecule has 0 bridgehead atoms. The molecule has 0 amide bonds. The molecule has 142 valence electrons. The van der Waals surface area contributed by atoms with Crippen LogP contribution in [0.4, 0.5) is 13.2 Å². The van der Waals surface area contributed by atoms with Gasteiger partial charge in [0.15, 0.2) is 0 Å². The molecule has 0 N–H and O–H groups in total. The Kier molecular flexibility index (Phi) is 5.84. The van der Waals surface area contributed by atoms with Gasteiger partial charge in [-0.05, 0) is 42.5 Å². The molecule has 6 nitrogen and oxygen atoms in total. The molecule has 0 aromatic heterocycles. The third kappa shape index (κ3) is 4.84. The van der Waals surface area contributed by atoms with Crippen LogP contribution in [-0.2, 0) is 15.7 Å². The Morgan fingerprint density at radius 3 is 1.63 bits per heavy atom. The van der Waals surface area contributed by atoms with Crippen molar-refractivity contribution < 1.29 is 41.8 Å². The van der Waals surface area contributed by atoms with Crippen LogP contribution >= 0.6 is 0 Å². The van der Waals surface area contributed by atoms with Gasteiger partial charge in [0, 0.05) is 0 Å². The second-order valence-electron chi connectivity index (χ2n) is 5.19. The summed E-state index contributed by atoms with van der Waals surface area (Å²) in [5.74, 6) is -2.72. The molecule has 0 aliphatic rings. The van der Waals surface area contributed by atoms with Crippen LogP contribution in [-0.4, -0.2) is 32.1 Å². The highest BCUT2D eigenvalue weighted by atomic mass is 19.4. The van der Waals surface area contributed by atoms with Crippen LogP contribution in [0.25, 0.3) is 0 Å². The molecule has 2 aromatic rings. The van der Waals surface area contributed by atoms with Gasteiger partial charge < -0.3 is 14.2 Å². The molecule has 0 aliphatic heterocycles. The number of benzene rings is 2. The molecule has 0 aliphatic carbocycles. The highest BCUT2D eigenvalue weighted by Crippen LogP contribution is 2.29. The number of hydrogen-bond donors (Lipinski definition) is 0. The first-order chi connectivity index (χ1) is 12.7. The summed E-state index contributed by atoms with van der Waals surface area (Å²) in [6, 6.07) is 6.88. The van der Waals surface area contributed by atoms with E-state index in [-0.39, 0.29) is 22.4 Å². The molecular weight excluding hydrogens is 369 g/mol. The number of methoxy groups -OCH3 is 2. The van der Waals surface area contributed by atoms with Gasteiger partial charge in [-0.25, -0.2) is 14.4 Å². The van der Waals surface area contributed by atoms with Gasteiger partial charge in [0.2, 0.25) is 0 Å². The molecular formula is C18H13F3O6. The van der Waals surface area contributed by atoms with Crippen molar-refractivity contribution in [3.05, 3.63) is 64.7 Å². The van der Waals surface area contributed by atoms with E-state index in [0.717, 1.165) is 50.6 Å². The maximum absolute atomic E-state index is 12.6. The molecule has 9 heteroatoms. The number of esters is 3. The zero-order valence-electron chi connectivity index (χ0n) is 14.1. The number of hydrogen-bond acceptors (Lipinski definition) is 6. The monoisotopic (exact) mass is 382 g/mol. The molecule has 0 saturated carbocycles. The largest absolute Gasteiger partial charge is 0.465 e. The summed E-state index contributed by atoms with van der Waals surface area (Å²) in [5.41, 5.74) is -1.21. The maximum atomic E-state index is 12.6. The van der Waals surface area contributed by atoms with Crippen molar-refractivity contribution in [3.8, 4) is 5.75 Å². The van der Waals surface area contributed by atoms with Crippen LogP contribution in [0, 0.1) is 0 Å². The summed E-state index contributed by atoms with van der Waals surface area (Å²) >= 11 is 0. The smallest absolute Gasteiger partial charge is 0.416 e. The van der Waals surface area contributed by atoms with Gasteiger partial charge in [0.25, 0.3) is 0 Å². The maximum Gasteiger partial charge on any atom is 0.416 e. The second kappa shape index (κ2) is 7.90. The van der Waals surface area contributed by atoms with Crippen molar-refractivity contribution in [3.63, 3.8) is 0 Å². The normalized spacial score (nSPS) is 10.9. The first-order valence-corrected chi connectivity index (χ1v) is 7.37. The minimum Gasteiger partial charge on any atom is -0.465 e. The Bertz CT molecular complexity index is 837. The summed E-state index contributed by atoms with van der Waals surface area (Å²) in [6.45, 7) is 0. The van der Waals surface area contributed by atoms with Crippen molar-refractivity contribution in [2.75, 3.05) is 14.2 Å². The van der Waals surface area contributed by atoms with E-state index in [1.807, 2.05) is 0 Å². The van der Waals surface area contributed by atoms with Crippen LogP contribution in [0.1, 0.15) is 36.6 Å². The first kappa shape index (κ1) is 20.0. The lowest BCUT2D eigenvalue weighted by Gasteiger charge is -2.10. The predicted molar refractivity (Wildman–Crippen MR) is 85.5 cm³/mol. The molecule has 0 atom stereocenters. The number of alkyl halides is 3. The van der Waals surface area contributed by atoms with Gasteiger partial charge in [0.1, 0.15) is 5.75 Å². The Morgan fingerprint density at radius 1 is 0.741 bits per heavy atom. The summed E-state index contributed by atoms with van der Waals surface area (Å²) < 4.78 is 51.9. The average molecular weight is 382 g/mol.